The quantitative estimate of drug-likeness (QED) is 0.363. The van der Waals surface area contributed by atoms with Crippen molar-refractivity contribution in [2.24, 2.45) is 0 Å². The molecule has 166 valence electrons. The maximum absolute atomic E-state index is 13.0. The van der Waals surface area contributed by atoms with E-state index in [0.717, 1.165) is 16.0 Å². The van der Waals surface area contributed by atoms with Gasteiger partial charge >= 0.3 is 12.0 Å². The number of urea groups is 1. The summed E-state index contributed by atoms with van der Waals surface area (Å²) in [7, 11) is 1.23. The molecule has 1 saturated heterocycles. The van der Waals surface area contributed by atoms with E-state index in [0.29, 0.717) is 15.7 Å². The Hall–Kier alpha value is -3.17. The lowest BCUT2D eigenvalue weighted by Gasteiger charge is -2.27. The number of barbiturate groups is 1. The van der Waals surface area contributed by atoms with Gasteiger partial charge in [-0.15, -0.1) is 0 Å². The van der Waals surface area contributed by atoms with Crippen LogP contribution in [0.5, 0.6) is 5.75 Å². The summed E-state index contributed by atoms with van der Waals surface area (Å²) in [5.41, 5.74) is 2.40. The number of nitrogens with one attached hydrogen (secondary N) is 1. The van der Waals surface area contributed by atoms with Crippen molar-refractivity contribution in [3.63, 3.8) is 0 Å². The number of anilines is 1. The first-order valence-electron chi connectivity index (χ1n) is 9.29. The molecule has 0 spiro atoms. The molecule has 0 unspecified atom stereocenters. The number of rotatable bonds is 5. The zero-order valence-electron chi connectivity index (χ0n) is 17.3. The van der Waals surface area contributed by atoms with Crippen molar-refractivity contribution >= 4 is 63.1 Å². The minimum absolute atomic E-state index is 0.140. The fraction of sp³-hybridized carbons (Fsp3) is 0.182. The predicted molar refractivity (Wildman–Crippen MR) is 122 cm³/mol. The number of carbonyl (C=O) groups excluding carboxylic acids is 4. The summed E-state index contributed by atoms with van der Waals surface area (Å²) in [6, 6.07) is 7.31. The Bertz CT molecular complexity index is 1150. The zero-order chi connectivity index (χ0) is 23.6. The average Bonchev–Trinajstić information content (AvgIpc) is 2.72. The molecule has 0 saturated carbocycles. The van der Waals surface area contributed by atoms with Crippen LogP contribution in [0.2, 0.25) is 5.02 Å². The Balaban J connectivity index is 1.95. The SMILES string of the molecule is COC(=O)COc1c(Cl)cc(/C=C2\C(=O)NC(=O)N(c3ccc(C)c(C)c3)C2=O)cc1Br. The molecule has 0 bridgehead atoms. The van der Waals surface area contributed by atoms with Crippen LogP contribution in [-0.2, 0) is 19.1 Å². The van der Waals surface area contributed by atoms with Crippen LogP contribution in [0, 0.1) is 13.8 Å². The van der Waals surface area contributed by atoms with Gasteiger partial charge in [-0.1, -0.05) is 17.7 Å². The number of hydrogen-bond donors (Lipinski definition) is 1. The lowest BCUT2D eigenvalue weighted by atomic mass is 10.0. The van der Waals surface area contributed by atoms with E-state index >= 15 is 0 Å². The summed E-state index contributed by atoms with van der Waals surface area (Å²) >= 11 is 9.54. The summed E-state index contributed by atoms with van der Waals surface area (Å²) in [4.78, 5) is 50.0. The molecular weight excluding hydrogens is 504 g/mol. The number of esters is 1. The van der Waals surface area contributed by atoms with E-state index in [4.69, 9.17) is 16.3 Å². The van der Waals surface area contributed by atoms with Crippen molar-refractivity contribution in [3.05, 3.63) is 62.1 Å². The van der Waals surface area contributed by atoms with Gasteiger partial charge in [0.25, 0.3) is 11.8 Å². The minimum Gasteiger partial charge on any atom is -0.479 e. The van der Waals surface area contributed by atoms with Gasteiger partial charge in [-0.2, -0.15) is 0 Å². The summed E-state index contributed by atoms with van der Waals surface area (Å²) in [5, 5.41) is 2.32. The molecule has 10 heteroatoms. The highest BCUT2D eigenvalue weighted by Crippen LogP contribution is 2.35. The van der Waals surface area contributed by atoms with Crippen LogP contribution in [0.1, 0.15) is 16.7 Å². The maximum atomic E-state index is 13.0. The lowest BCUT2D eigenvalue weighted by Crippen LogP contribution is -2.54. The zero-order valence-corrected chi connectivity index (χ0v) is 19.7. The average molecular weight is 522 g/mol. The van der Waals surface area contributed by atoms with E-state index in [1.54, 1.807) is 24.3 Å². The van der Waals surface area contributed by atoms with E-state index in [-0.39, 0.29) is 23.0 Å². The summed E-state index contributed by atoms with van der Waals surface area (Å²) in [6.45, 7) is 3.42. The number of carbonyl (C=O) groups is 4. The monoisotopic (exact) mass is 520 g/mol. The molecular formula is C22H18BrClN2O6. The number of hydrogen-bond acceptors (Lipinski definition) is 6. The van der Waals surface area contributed by atoms with Crippen molar-refractivity contribution in [1.82, 2.24) is 5.32 Å². The number of amides is 4. The highest BCUT2D eigenvalue weighted by molar-refractivity contribution is 9.10. The van der Waals surface area contributed by atoms with E-state index in [2.05, 4.69) is 26.0 Å². The normalized spacial score (nSPS) is 15.1. The lowest BCUT2D eigenvalue weighted by molar-refractivity contribution is -0.143. The molecule has 1 aliphatic rings. The topological polar surface area (TPSA) is 102 Å². The second-order valence-corrected chi connectivity index (χ2v) is 8.17. The molecule has 2 aromatic carbocycles. The molecule has 4 amide bonds. The molecule has 1 fully saturated rings. The molecule has 0 aromatic heterocycles. The van der Waals surface area contributed by atoms with Crippen molar-refractivity contribution in [2.75, 3.05) is 18.6 Å². The van der Waals surface area contributed by atoms with Crippen LogP contribution in [0.15, 0.2) is 40.4 Å². The number of benzene rings is 2. The van der Waals surface area contributed by atoms with Crippen LogP contribution in [0.4, 0.5) is 10.5 Å². The molecule has 8 nitrogen and oxygen atoms in total. The number of halogens is 2. The minimum atomic E-state index is -0.828. The van der Waals surface area contributed by atoms with E-state index in [1.807, 2.05) is 13.8 Å². The van der Waals surface area contributed by atoms with Crippen LogP contribution in [0.25, 0.3) is 6.08 Å². The Morgan fingerprint density at radius 3 is 2.50 bits per heavy atom. The number of imide groups is 2. The van der Waals surface area contributed by atoms with Crippen LogP contribution < -0.4 is 15.0 Å². The van der Waals surface area contributed by atoms with Crippen LogP contribution in [-0.4, -0.2) is 37.5 Å². The summed E-state index contributed by atoms with van der Waals surface area (Å²) in [5.74, 6) is -1.97. The van der Waals surface area contributed by atoms with Gasteiger partial charge < -0.3 is 9.47 Å². The Morgan fingerprint density at radius 2 is 1.88 bits per heavy atom. The van der Waals surface area contributed by atoms with Crippen LogP contribution in [0.3, 0.4) is 0 Å². The predicted octanol–water partition coefficient (Wildman–Crippen LogP) is 3.94. The van der Waals surface area contributed by atoms with Gasteiger partial charge in [-0.3, -0.25) is 14.9 Å². The highest BCUT2D eigenvalue weighted by atomic mass is 79.9. The van der Waals surface area contributed by atoms with Crippen molar-refractivity contribution in [2.45, 2.75) is 13.8 Å². The molecule has 0 atom stereocenters. The van der Waals surface area contributed by atoms with Gasteiger partial charge in [-0.05, 0) is 76.8 Å². The van der Waals surface area contributed by atoms with E-state index in [1.165, 1.54) is 19.3 Å². The Kier molecular flexibility index (Phi) is 7.00. The van der Waals surface area contributed by atoms with Crippen molar-refractivity contribution in [1.29, 1.82) is 0 Å². The molecule has 1 aliphatic heterocycles. The smallest absolute Gasteiger partial charge is 0.343 e. The fourth-order valence-electron chi connectivity index (χ4n) is 2.91. The third-order valence-corrected chi connectivity index (χ3v) is 5.61. The first-order valence-corrected chi connectivity index (χ1v) is 10.5. The number of nitrogens with zero attached hydrogens (tertiary/aromatic N) is 1. The van der Waals surface area contributed by atoms with E-state index in [9.17, 15) is 19.2 Å². The number of methoxy groups -OCH3 is 1. The molecule has 3 rings (SSSR count). The van der Waals surface area contributed by atoms with Crippen molar-refractivity contribution in [3.8, 4) is 5.75 Å². The highest BCUT2D eigenvalue weighted by Gasteiger charge is 2.37. The molecule has 32 heavy (non-hydrogen) atoms. The van der Waals surface area contributed by atoms with Gasteiger partial charge in [0.15, 0.2) is 12.4 Å². The third kappa shape index (κ3) is 4.84. The van der Waals surface area contributed by atoms with Crippen molar-refractivity contribution < 1.29 is 28.7 Å². The Morgan fingerprint density at radius 1 is 1.16 bits per heavy atom. The fourth-order valence-corrected chi connectivity index (χ4v) is 3.90. The Labute approximate surface area is 197 Å². The first kappa shape index (κ1) is 23.5. The van der Waals surface area contributed by atoms with Crippen LogP contribution >= 0.6 is 27.5 Å². The van der Waals surface area contributed by atoms with Gasteiger partial charge in [0, 0.05) is 0 Å². The molecule has 1 N–H and O–H groups in total. The van der Waals surface area contributed by atoms with Gasteiger partial charge in [0.1, 0.15) is 5.57 Å². The standard InChI is InChI=1S/C22H18BrClN2O6/c1-11-4-5-14(6-12(11)2)26-21(29)15(20(28)25-22(26)30)7-13-8-16(23)19(17(24)9-13)32-10-18(27)31-3/h4-9H,10H2,1-3H3,(H,25,28,30)/b15-7+. The van der Waals surface area contributed by atoms with Gasteiger partial charge in [0.05, 0.1) is 22.3 Å². The van der Waals surface area contributed by atoms with Gasteiger partial charge in [0.2, 0.25) is 0 Å². The maximum Gasteiger partial charge on any atom is 0.343 e. The molecule has 0 aliphatic carbocycles. The van der Waals surface area contributed by atoms with E-state index < -0.39 is 23.8 Å². The summed E-state index contributed by atoms with van der Waals surface area (Å²) < 4.78 is 10.3. The molecule has 0 radical (unpaired) electrons. The molecule has 2 aromatic rings. The van der Waals surface area contributed by atoms with Gasteiger partial charge in [-0.25, -0.2) is 14.5 Å². The number of aryl methyl sites for hydroxylation is 2. The second-order valence-electron chi connectivity index (χ2n) is 6.90. The first-order chi connectivity index (χ1) is 15.1. The third-order valence-electron chi connectivity index (χ3n) is 4.74. The molecule has 1 heterocycles. The largest absolute Gasteiger partial charge is 0.479 e. The number of ether oxygens (including phenoxy) is 2. The summed E-state index contributed by atoms with van der Waals surface area (Å²) in [6.07, 6.45) is 1.32. The second kappa shape index (κ2) is 9.54.